The monoisotopic (exact) mass is 691 g/mol. The molecule has 2 aliphatic rings. The summed E-state index contributed by atoms with van der Waals surface area (Å²) in [6, 6.07) is 56.0. The molecule has 0 amide bonds. The van der Waals surface area contributed by atoms with Crippen molar-refractivity contribution in [2.75, 3.05) is 4.90 Å². The fourth-order valence-electron chi connectivity index (χ4n) is 9.04. The highest BCUT2D eigenvalue weighted by Gasteiger charge is 2.52. The van der Waals surface area contributed by atoms with Crippen LogP contribution in [-0.2, 0) is 5.41 Å². The third-order valence-electron chi connectivity index (χ3n) is 11.2. The van der Waals surface area contributed by atoms with Crippen LogP contribution in [0.5, 0.6) is 0 Å². The van der Waals surface area contributed by atoms with Gasteiger partial charge in [0.05, 0.1) is 22.5 Å². The van der Waals surface area contributed by atoms with E-state index in [9.17, 15) is 0 Å². The molecule has 1 aliphatic carbocycles. The first-order valence-corrected chi connectivity index (χ1v) is 18.7. The number of rotatable bonds is 7. The summed E-state index contributed by atoms with van der Waals surface area (Å²) in [4.78, 5) is 2.46. The molecule has 1 spiro atoms. The van der Waals surface area contributed by atoms with Crippen molar-refractivity contribution < 1.29 is 0 Å². The number of hydrogen-bond donors (Lipinski definition) is 0. The molecule has 1 heterocycles. The van der Waals surface area contributed by atoms with E-state index in [0.29, 0.717) is 0 Å². The van der Waals surface area contributed by atoms with Gasteiger partial charge in [-0.25, -0.2) is 0 Å². The fourth-order valence-corrected chi connectivity index (χ4v) is 9.04. The summed E-state index contributed by atoms with van der Waals surface area (Å²) in [6.45, 7) is 12.8. The summed E-state index contributed by atoms with van der Waals surface area (Å²) in [7, 11) is 0. The van der Waals surface area contributed by atoms with E-state index in [1.807, 2.05) is 12.2 Å². The number of para-hydroxylation sites is 2. The van der Waals surface area contributed by atoms with Crippen molar-refractivity contribution in [2.45, 2.75) is 19.3 Å². The van der Waals surface area contributed by atoms with Gasteiger partial charge in [0.2, 0.25) is 0 Å². The number of allylic oxidation sites excluding steroid dienone is 2. The molecule has 1 heteroatoms. The van der Waals surface area contributed by atoms with Crippen LogP contribution in [0.1, 0.15) is 58.4 Å². The molecule has 0 unspecified atom stereocenters. The number of anilines is 3. The van der Waals surface area contributed by atoms with Crippen LogP contribution in [0, 0.1) is 0 Å². The molecule has 1 nitrogen and oxygen atoms in total. The second kappa shape index (κ2) is 13.4. The first-order valence-electron chi connectivity index (χ1n) is 18.7. The highest BCUT2D eigenvalue weighted by Crippen LogP contribution is 2.64. The number of hydrogen-bond acceptors (Lipinski definition) is 1. The molecule has 0 radical (unpaired) electrons. The van der Waals surface area contributed by atoms with E-state index in [2.05, 4.69) is 208 Å². The lowest BCUT2D eigenvalue weighted by molar-refractivity contribution is 0.753. The van der Waals surface area contributed by atoms with Gasteiger partial charge in [-0.2, -0.15) is 0 Å². The Kier molecular flexibility index (Phi) is 8.21. The maximum atomic E-state index is 4.39. The van der Waals surface area contributed by atoms with E-state index < -0.39 is 5.41 Å². The van der Waals surface area contributed by atoms with Gasteiger partial charge in [-0.3, -0.25) is 0 Å². The molecule has 0 aromatic heterocycles. The standard InChI is InChI=1S/C53H41N/c1-5-19-42-36(7-3)35-52(41(8-4)43(42)20-6-2)54-50-27-17-15-25-46(50)53(47-26-16-18-28-51(47)54)48-33-39(37-21-11-9-12-22-37)29-31-44(48)45-32-30-40(34-49(45)53)38-23-13-10-14-24-38/h5-35H,3-4H2,1-2H3/b19-5-,20-6-. The van der Waals surface area contributed by atoms with E-state index >= 15 is 0 Å². The number of nitrogens with zero attached hydrogens (tertiary/aromatic N) is 1. The van der Waals surface area contributed by atoms with Crippen LogP contribution in [-0.4, -0.2) is 0 Å². The lowest BCUT2D eigenvalue weighted by Crippen LogP contribution is -2.36. The first-order chi connectivity index (χ1) is 26.6. The summed E-state index contributed by atoms with van der Waals surface area (Å²) in [5.41, 5.74) is 19.7. The molecule has 0 saturated heterocycles. The highest BCUT2D eigenvalue weighted by molar-refractivity contribution is 6.00. The number of benzene rings is 7. The van der Waals surface area contributed by atoms with Crippen LogP contribution in [0.2, 0.25) is 0 Å². The van der Waals surface area contributed by atoms with Crippen molar-refractivity contribution in [1.29, 1.82) is 0 Å². The van der Waals surface area contributed by atoms with E-state index in [0.717, 1.165) is 39.3 Å². The van der Waals surface area contributed by atoms with E-state index in [-0.39, 0.29) is 0 Å². The smallest absolute Gasteiger partial charge is 0.0754 e. The fraction of sp³-hybridized carbons (Fsp3) is 0.0566. The van der Waals surface area contributed by atoms with Gasteiger partial charge in [-0.1, -0.05) is 171 Å². The lowest BCUT2D eigenvalue weighted by atomic mass is 9.64. The third-order valence-corrected chi connectivity index (χ3v) is 11.2. The van der Waals surface area contributed by atoms with Crippen molar-refractivity contribution in [1.82, 2.24) is 0 Å². The number of fused-ring (bicyclic) bond motifs is 9. The largest absolute Gasteiger partial charge is 0.309 e. The Hall–Kier alpha value is -6.70. The molecule has 1 aliphatic heterocycles. The lowest BCUT2D eigenvalue weighted by Gasteiger charge is -2.45. The van der Waals surface area contributed by atoms with Gasteiger partial charge in [-0.15, -0.1) is 0 Å². The summed E-state index contributed by atoms with van der Waals surface area (Å²) in [5, 5.41) is 0. The van der Waals surface area contributed by atoms with Crippen molar-refractivity contribution in [3.63, 3.8) is 0 Å². The minimum absolute atomic E-state index is 0.587. The van der Waals surface area contributed by atoms with Gasteiger partial charge in [0, 0.05) is 5.56 Å². The van der Waals surface area contributed by atoms with Gasteiger partial charge in [0.25, 0.3) is 0 Å². The average molecular weight is 692 g/mol. The second-order valence-electron chi connectivity index (χ2n) is 14.0. The Balaban J connectivity index is 1.41. The molecular formula is C53H41N. The Bertz CT molecular complexity index is 2520. The van der Waals surface area contributed by atoms with Crippen molar-refractivity contribution >= 4 is 41.4 Å². The van der Waals surface area contributed by atoms with Gasteiger partial charge in [-0.05, 0) is 117 Å². The molecular weight excluding hydrogens is 651 g/mol. The summed E-state index contributed by atoms with van der Waals surface area (Å²) >= 11 is 0. The zero-order chi connectivity index (χ0) is 36.8. The predicted octanol–water partition coefficient (Wildman–Crippen LogP) is 14.5. The van der Waals surface area contributed by atoms with Crippen molar-refractivity contribution in [3.8, 4) is 33.4 Å². The Morgan fingerprint density at radius 1 is 0.426 bits per heavy atom. The van der Waals surface area contributed by atoms with Crippen LogP contribution in [0.3, 0.4) is 0 Å². The van der Waals surface area contributed by atoms with Gasteiger partial charge < -0.3 is 4.90 Å². The molecule has 0 atom stereocenters. The molecule has 7 aromatic rings. The van der Waals surface area contributed by atoms with Crippen LogP contribution < -0.4 is 4.90 Å². The van der Waals surface area contributed by atoms with Crippen molar-refractivity contribution in [3.05, 3.63) is 221 Å². The topological polar surface area (TPSA) is 3.24 Å². The quantitative estimate of drug-likeness (QED) is 0.161. The van der Waals surface area contributed by atoms with Crippen LogP contribution >= 0.6 is 0 Å². The maximum Gasteiger partial charge on any atom is 0.0754 e. The third kappa shape index (κ3) is 4.86. The Morgan fingerprint density at radius 3 is 1.39 bits per heavy atom. The normalized spacial score (nSPS) is 13.5. The highest BCUT2D eigenvalue weighted by atomic mass is 15.2. The Morgan fingerprint density at radius 2 is 0.907 bits per heavy atom. The van der Waals surface area contributed by atoms with E-state index in [1.54, 1.807) is 0 Å². The molecule has 0 fully saturated rings. The van der Waals surface area contributed by atoms with E-state index in [1.165, 1.54) is 55.6 Å². The zero-order valence-electron chi connectivity index (χ0n) is 30.8. The molecule has 54 heavy (non-hydrogen) atoms. The van der Waals surface area contributed by atoms with Crippen LogP contribution in [0.4, 0.5) is 17.1 Å². The minimum Gasteiger partial charge on any atom is -0.309 e. The Labute approximate surface area is 319 Å². The molecule has 9 rings (SSSR count). The molecule has 0 bridgehead atoms. The predicted molar refractivity (Wildman–Crippen MR) is 232 cm³/mol. The molecule has 7 aromatic carbocycles. The first kappa shape index (κ1) is 33.2. The summed E-state index contributed by atoms with van der Waals surface area (Å²) in [6.07, 6.45) is 12.6. The van der Waals surface area contributed by atoms with Gasteiger partial charge >= 0.3 is 0 Å². The van der Waals surface area contributed by atoms with Gasteiger partial charge in [0.15, 0.2) is 0 Å². The SMILES string of the molecule is C=Cc1cc(N2c3ccccc3C3(c4cc(-c5ccccc5)ccc4-c4ccc(-c5ccccc5)cc43)c3ccccc32)c(C=C)c(/C=C\C)c1/C=C\C. The maximum absolute atomic E-state index is 4.39. The zero-order valence-corrected chi connectivity index (χ0v) is 30.8. The molecule has 0 N–H and O–H groups in total. The van der Waals surface area contributed by atoms with Crippen LogP contribution in [0.25, 0.3) is 57.7 Å². The van der Waals surface area contributed by atoms with Crippen molar-refractivity contribution in [2.24, 2.45) is 0 Å². The summed E-state index contributed by atoms with van der Waals surface area (Å²) in [5.74, 6) is 0. The average Bonchev–Trinajstić information content (AvgIpc) is 3.51. The molecule has 0 saturated carbocycles. The minimum atomic E-state index is -0.587. The van der Waals surface area contributed by atoms with Gasteiger partial charge in [0.1, 0.15) is 0 Å². The van der Waals surface area contributed by atoms with E-state index in [4.69, 9.17) is 0 Å². The summed E-state index contributed by atoms with van der Waals surface area (Å²) < 4.78 is 0. The second-order valence-corrected chi connectivity index (χ2v) is 14.0. The van der Waals surface area contributed by atoms with Crippen LogP contribution in [0.15, 0.2) is 177 Å². The molecule has 258 valence electrons.